The molecule has 198 valence electrons. The third-order valence-corrected chi connectivity index (χ3v) is 8.08. The first-order chi connectivity index (χ1) is 17.5. The predicted octanol–water partition coefficient (Wildman–Crippen LogP) is 4.38. The number of aromatic hydroxyl groups is 1. The molecule has 3 aliphatic rings. The highest BCUT2D eigenvalue weighted by Gasteiger charge is 2.63. The number of piperidine rings is 1. The lowest BCUT2D eigenvalue weighted by Gasteiger charge is -2.48. The van der Waals surface area contributed by atoms with Crippen LogP contribution in [0.15, 0.2) is 42.5 Å². The summed E-state index contributed by atoms with van der Waals surface area (Å²) in [6, 6.07) is 10.4. The Hall–Kier alpha value is -3.40. The lowest BCUT2D eigenvalue weighted by molar-refractivity contribution is -0.135. The van der Waals surface area contributed by atoms with Gasteiger partial charge in [0, 0.05) is 30.7 Å². The first-order valence-electron chi connectivity index (χ1n) is 12.5. The lowest BCUT2D eigenvalue weighted by atomic mass is 9.72. The Kier molecular flexibility index (Phi) is 6.26. The van der Waals surface area contributed by atoms with Crippen LogP contribution in [0.25, 0.3) is 0 Å². The zero-order valence-electron chi connectivity index (χ0n) is 21.3. The number of nitrogens with one attached hydrogen (secondary N) is 1. The summed E-state index contributed by atoms with van der Waals surface area (Å²) in [6.45, 7) is 3.73. The summed E-state index contributed by atoms with van der Waals surface area (Å²) < 4.78 is 30.5. The van der Waals surface area contributed by atoms with Gasteiger partial charge < -0.3 is 25.0 Å². The highest BCUT2D eigenvalue weighted by atomic mass is 19.3. The van der Waals surface area contributed by atoms with Crippen LogP contribution in [0.5, 0.6) is 11.5 Å². The van der Waals surface area contributed by atoms with Crippen molar-refractivity contribution in [2.75, 3.05) is 25.5 Å². The van der Waals surface area contributed by atoms with E-state index in [9.17, 15) is 23.5 Å². The Morgan fingerprint density at radius 2 is 1.97 bits per heavy atom. The number of phenolic OH excluding ortho intramolecular Hbond substituents is 1. The number of ether oxygens (including phenoxy) is 1. The van der Waals surface area contributed by atoms with Crippen LogP contribution in [0.1, 0.15) is 50.3 Å². The van der Waals surface area contributed by atoms with Crippen molar-refractivity contribution in [2.45, 2.75) is 63.4 Å². The number of carbonyl (C=O) groups is 2. The van der Waals surface area contributed by atoms with Crippen molar-refractivity contribution in [1.29, 1.82) is 0 Å². The number of hydrogen-bond acceptors (Lipinski definition) is 6. The predicted molar refractivity (Wildman–Crippen MR) is 134 cm³/mol. The summed E-state index contributed by atoms with van der Waals surface area (Å²) in [6.07, 6.45) is 0.326. The number of benzene rings is 2. The van der Waals surface area contributed by atoms with E-state index in [2.05, 4.69) is 15.0 Å². The number of alkyl halides is 2. The Morgan fingerprint density at radius 3 is 2.65 bits per heavy atom. The summed E-state index contributed by atoms with van der Waals surface area (Å²) in [5.41, 5.74) is 1.06. The van der Waals surface area contributed by atoms with Crippen molar-refractivity contribution < 1.29 is 28.2 Å². The molecule has 3 amide bonds. The van der Waals surface area contributed by atoms with Crippen LogP contribution >= 0.6 is 0 Å². The van der Waals surface area contributed by atoms with Gasteiger partial charge in [-0.25, -0.2) is 4.79 Å². The molecule has 3 aliphatic heterocycles. The number of nitrogens with zero attached hydrogens (tertiary/aromatic N) is 3. The average molecular weight is 515 g/mol. The molecule has 2 aromatic rings. The van der Waals surface area contributed by atoms with Gasteiger partial charge in [-0.2, -0.15) is 8.78 Å². The number of likely N-dealkylation sites (N-methyl/N-ethyl adjacent to an activating group) is 1. The third-order valence-electron chi connectivity index (χ3n) is 8.08. The molecule has 4 atom stereocenters. The molecule has 2 unspecified atom stereocenters. The van der Waals surface area contributed by atoms with E-state index in [0.717, 1.165) is 11.3 Å². The van der Waals surface area contributed by atoms with Gasteiger partial charge in [0.1, 0.15) is 17.0 Å². The van der Waals surface area contributed by atoms with Crippen molar-refractivity contribution in [1.82, 2.24) is 14.7 Å². The van der Waals surface area contributed by atoms with Gasteiger partial charge in [0.15, 0.2) is 0 Å². The van der Waals surface area contributed by atoms with E-state index in [1.165, 1.54) is 11.0 Å². The summed E-state index contributed by atoms with van der Waals surface area (Å²) in [5.74, 6) is -0.422. The number of halogens is 2. The second-order valence-corrected chi connectivity index (χ2v) is 10.6. The Bertz CT molecular complexity index is 1220. The summed E-state index contributed by atoms with van der Waals surface area (Å²) in [5, 5.41) is 13.7. The lowest BCUT2D eigenvalue weighted by Crippen LogP contribution is -2.58. The Labute approximate surface area is 214 Å². The molecular weight excluding hydrogens is 482 g/mol. The maximum atomic E-state index is 13.9. The number of amides is 3. The largest absolute Gasteiger partial charge is 0.508 e. The van der Waals surface area contributed by atoms with Crippen LogP contribution in [-0.2, 0) is 4.79 Å². The maximum Gasteiger partial charge on any atom is 0.387 e. The van der Waals surface area contributed by atoms with E-state index >= 15 is 0 Å². The zero-order chi connectivity index (χ0) is 26.6. The monoisotopic (exact) mass is 514 g/mol. The maximum absolute atomic E-state index is 13.9. The first kappa shape index (κ1) is 25.3. The van der Waals surface area contributed by atoms with Gasteiger partial charge in [-0.1, -0.05) is 12.1 Å². The van der Waals surface area contributed by atoms with Gasteiger partial charge in [-0.15, -0.1) is 0 Å². The molecule has 37 heavy (non-hydrogen) atoms. The quantitative estimate of drug-likeness (QED) is 0.534. The summed E-state index contributed by atoms with van der Waals surface area (Å²) >= 11 is 0. The SMILES string of the molecule is CC(C)N(C)CCN1C(=O)N2[C@H](c3cccc(O)c3)C3Nc4ccc(OC(F)F)cc4C3C[C@@]2(C)C1=O. The number of phenols is 1. The standard InChI is InChI=1S/C27H32F2N4O4/c1-15(2)31(4)10-11-32-24(35)27(3)14-20-19-13-18(37-25(28)29)8-9-21(19)30-22(20)23(33(27)26(32)36)16-6-5-7-17(34)12-16/h5-9,12-13,15,20,22-23,25,30,34H,10-11,14H2,1-4H3/t20?,22?,23-,27+/m1/s1. The highest BCUT2D eigenvalue weighted by Crippen LogP contribution is 2.56. The Morgan fingerprint density at radius 1 is 1.22 bits per heavy atom. The van der Waals surface area contributed by atoms with E-state index in [4.69, 9.17) is 0 Å². The topological polar surface area (TPSA) is 85.3 Å². The van der Waals surface area contributed by atoms with E-state index in [0.29, 0.717) is 18.5 Å². The van der Waals surface area contributed by atoms with Crippen molar-refractivity contribution >= 4 is 17.6 Å². The van der Waals surface area contributed by atoms with E-state index in [-0.39, 0.29) is 48.0 Å². The molecule has 10 heteroatoms. The van der Waals surface area contributed by atoms with Crippen molar-refractivity contribution in [2.24, 2.45) is 0 Å². The van der Waals surface area contributed by atoms with Crippen LogP contribution in [0.4, 0.5) is 19.3 Å². The smallest absolute Gasteiger partial charge is 0.387 e. The second kappa shape index (κ2) is 9.16. The molecule has 2 saturated heterocycles. The highest BCUT2D eigenvalue weighted by molar-refractivity contribution is 6.07. The molecule has 2 aromatic carbocycles. The average Bonchev–Trinajstić information content (AvgIpc) is 3.27. The molecular formula is C27H32F2N4O4. The molecule has 0 saturated carbocycles. The normalized spacial score (nSPS) is 26.6. The van der Waals surface area contributed by atoms with Gasteiger partial charge >= 0.3 is 12.6 Å². The van der Waals surface area contributed by atoms with Crippen LogP contribution in [0, 0.1) is 0 Å². The first-order valence-corrected chi connectivity index (χ1v) is 12.5. The minimum Gasteiger partial charge on any atom is -0.508 e. The number of hydrogen-bond donors (Lipinski definition) is 2. The number of urea groups is 1. The fourth-order valence-corrected chi connectivity index (χ4v) is 5.97. The molecule has 3 heterocycles. The number of fused-ring (bicyclic) bond motifs is 4. The van der Waals surface area contributed by atoms with E-state index in [1.807, 2.05) is 27.0 Å². The third kappa shape index (κ3) is 4.17. The minimum absolute atomic E-state index is 0.0462. The number of carbonyl (C=O) groups excluding carboxylic acids is 2. The Balaban J connectivity index is 1.56. The molecule has 0 aliphatic carbocycles. The molecule has 8 nitrogen and oxygen atoms in total. The summed E-state index contributed by atoms with van der Waals surface area (Å²) in [7, 11) is 1.95. The van der Waals surface area contributed by atoms with Gasteiger partial charge in [-0.3, -0.25) is 9.69 Å². The van der Waals surface area contributed by atoms with Crippen LogP contribution in [0.2, 0.25) is 0 Å². The van der Waals surface area contributed by atoms with Crippen LogP contribution < -0.4 is 10.1 Å². The van der Waals surface area contributed by atoms with Crippen molar-refractivity contribution in [3.05, 3.63) is 53.6 Å². The van der Waals surface area contributed by atoms with Crippen LogP contribution in [0.3, 0.4) is 0 Å². The number of anilines is 1. The molecule has 0 radical (unpaired) electrons. The van der Waals surface area contributed by atoms with E-state index in [1.54, 1.807) is 42.2 Å². The fraction of sp³-hybridized carbons (Fsp3) is 0.481. The second-order valence-electron chi connectivity index (χ2n) is 10.6. The number of imide groups is 1. The van der Waals surface area contributed by atoms with Crippen molar-refractivity contribution in [3.8, 4) is 11.5 Å². The number of rotatable bonds is 7. The minimum atomic E-state index is -2.95. The molecule has 0 bridgehead atoms. The van der Waals surface area contributed by atoms with Crippen molar-refractivity contribution in [3.63, 3.8) is 0 Å². The summed E-state index contributed by atoms with van der Waals surface area (Å²) in [4.78, 5) is 32.8. The molecule has 0 aromatic heterocycles. The van der Waals surface area contributed by atoms with Gasteiger partial charge in [0.05, 0.1) is 12.1 Å². The molecule has 0 spiro atoms. The zero-order valence-corrected chi connectivity index (χ0v) is 21.3. The molecule has 2 fully saturated rings. The van der Waals surface area contributed by atoms with E-state index < -0.39 is 18.2 Å². The van der Waals surface area contributed by atoms with Gasteiger partial charge in [-0.05, 0) is 75.7 Å². The fourth-order valence-electron chi connectivity index (χ4n) is 5.97. The molecule has 2 N–H and O–H groups in total. The molecule has 5 rings (SSSR count). The van der Waals surface area contributed by atoms with Gasteiger partial charge in [0.2, 0.25) is 0 Å². The van der Waals surface area contributed by atoms with Crippen LogP contribution in [-0.4, -0.2) is 76.1 Å². The van der Waals surface area contributed by atoms with Gasteiger partial charge in [0.25, 0.3) is 5.91 Å².